The molecule has 1 rings (SSSR count). The van der Waals surface area contributed by atoms with Crippen molar-refractivity contribution in [1.82, 2.24) is 5.32 Å². The highest BCUT2D eigenvalue weighted by Gasteiger charge is 2.27. The smallest absolute Gasteiger partial charge is 0.222 e. The summed E-state index contributed by atoms with van der Waals surface area (Å²) in [6.45, 7) is 5.84. The number of amides is 1. The van der Waals surface area contributed by atoms with Gasteiger partial charge < -0.3 is 10.4 Å². The molecule has 0 aliphatic heterocycles. The molecule has 0 heterocycles. The molecule has 3 atom stereocenters. The number of aliphatic hydroxyl groups excluding tert-OH is 1. The molecule has 1 saturated carbocycles. The zero-order valence-electron chi connectivity index (χ0n) is 9.29. The number of carbonyl (C=O) groups is 1. The van der Waals surface area contributed by atoms with Gasteiger partial charge in [-0.25, -0.2) is 0 Å². The lowest BCUT2D eigenvalue weighted by Crippen LogP contribution is -2.43. The monoisotopic (exact) mass is 199 g/mol. The molecule has 14 heavy (non-hydrogen) atoms. The van der Waals surface area contributed by atoms with E-state index in [1.165, 1.54) is 0 Å². The Labute approximate surface area is 85.9 Å². The predicted molar refractivity (Wildman–Crippen MR) is 55.8 cm³/mol. The highest BCUT2D eigenvalue weighted by Crippen LogP contribution is 2.24. The van der Waals surface area contributed by atoms with Gasteiger partial charge in [0.2, 0.25) is 5.91 Å². The van der Waals surface area contributed by atoms with Crippen molar-refractivity contribution >= 4 is 5.91 Å². The van der Waals surface area contributed by atoms with Crippen LogP contribution in [-0.2, 0) is 4.79 Å². The van der Waals surface area contributed by atoms with Crippen LogP contribution in [0.4, 0.5) is 0 Å². The minimum Gasteiger partial charge on any atom is -0.393 e. The minimum atomic E-state index is -0.179. The van der Waals surface area contributed by atoms with E-state index in [1.807, 2.05) is 20.8 Å². The molecule has 0 unspecified atom stereocenters. The van der Waals surface area contributed by atoms with Gasteiger partial charge in [0.05, 0.1) is 6.10 Å². The third-order valence-electron chi connectivity index (χ3n) is 2.99. The molecule has 0 spiro atoms. The van der Waals surface area contributed by atoms with Gasteiger partial charge in [-0.2, -0.15) is 0 Å². The molecule has 2 N–H and O–H groups in total. The maximum absolute atomic E-state index is 11.4. The number of nitrogens with one attached hydrogen (secondary N) is 1. The van der Waals surface area contributed by atoms with Crippen LogP contribution in [0.2, 0.25) is 0 Å². The fraction of sp³-hybridized carbons (Fsp3) is 0.909. The Balaban J connectivity index is 2.37. The maximum Gasteiger partial charge on any atom is 0.222 e. The van der Waals surface area contributed by atoms with E-state index in [4.69, 9.17) is 0 Å². The van der Waals surface area contributed by atoms with Crippen LogP contribution >= 0.6 is 0 Å². The molecule has 1 amide bonds. The summed E-state index contributed by atoms with van der Waals surface area (Å²) in [5.74, 6) is 0.483. The van der Waals surface area contributed by atoms with Gasteiger partial charge in [-0.15, -0.1) is 0 Å². The Morgan fingerprint density at radius 1 is 1.43 bits per heavy atom. The van der Waals surface area contributed by atoms with E-state index >= 15 is 0 Å². The molecule has 1 aliphatic rings. The minimum absolute atomic E-state index is 0.0529. The lowest BCUT2D eigenvalue weighted by atomic mass is 9.84. The molecule has 3 heteroatoms. The van der Waals surface area contributed by atoms with Crippen molar-refractivity contribution in [2.24, 2.45) is 11.8 Å². The second-order valence-electron chi connectivity index (χ2n) is 4.72. The first kappa shape index (κ1) is 11.5. The Hall–Kier alpha value is -0.570. The third-order valence-corrected chi connectivity index (χ3v) is 2.99. The highest BCUT2D eigenvalue weighted by atomic mass is 16.3. The van der Waals surface area contributed by atoms with Gasteiger partial charge in [0.1, 0.15) is 0 Å². The second-order valence-corrected chi connectivity index (χ2v) is 4.72. The van der Waals surface area contributed by atoms with E-state index in [1.54, 1.807) is 0 Å². The van der Waals surface area contributed by atoms with E-state index in [2.05, 4.69) is 5.32 Å². The fourth-order valence-corrected chi connectivity index (χ4v) is 1.88. The van der Waals surface area contributed by atoms with E-state index in [9.17, 15) is 9.90 Å². The summed E-state index contributed by atoms with van der Waals surface area (Å²) in [6.07, 6.45) is 2.44. The predicted octanol–water partition coefficient (Wildman–Crippen LogP) is 1.31. The van der Waals surface area contributed by atoms with Crippen LogP contribution in [0, 0.1) is 11.8 Å². The zero-order valence-corrected chi connectivity index (χ0v) is 9.29. The lowest BCUT2D eigenvalue weighted by Gasteiger charge is -2.31. The number of rotatable bonds is 2. The number of hydrogen-bond acceptors (Lipinski definition) is 2. The molecule has 1 aliphatic carbocycles. The third kappa shape index (κ3) is 2.98. The molecular weight excluding hydrogens is 178 g/mol. The van der Waals surface area contributed by atoms with Gasteiger partial charge in [-0.3, -0.25) is 4.79 Å². The first-order chi connectivity index (χ1) is 6.50. The standard InChI is InChI=1S/C11H21NO2/c1-7(2)11(14)12-9-4-5-10(13)8(3)6-9/h7-10,13H,4-6H2,1-3H3,(H,12,14)/t8-,9+,10-/m0/s1. The molecule has 0 radical (unpaired) electrons. The Bertz CT molecular complexity index is 203. The van der Waals surface area contributed by atoms with Crippen molar-refractivity contribution < 1.29 is 9.90 Å². The van der Waals surface area contributed by atoms with E-state index in [0.29, 0.717) is 5.92 Å². The van der Waals surface area contributed by atoms with E-state index < -0.39 is 0 Å². The molecule has 1 fully saturated rings. The SMILES string of the molecule is CC(C)C(=O)N[C@@H]1CC[C@H](O)[C@@H](C)C1. The van der Waals surface area contributed by atoms with Gasteiger partial charge >= 0.3 is 0 Å². The average molecular weight is 199 g/mol. The van der Waals surface area contributed by atoms with Crippen molar-refractivity contribution in [2.45, 2.75) is 52.2 Å². The van der Waals surface area contributed by atoms with Gasteiger partial charge in [0.25, 0.3) is 0 Å². The molecular formula is C11H21NO2. The zero-order chi connectivity index (χ0) is 10.7. The van der Waals surface area contributed by atoms with Gasteiger partial charge in [-0.1, -0.05) is 20.8 Å². The van der Waals surface area contributed by atoms with Gasteiger partial charge in [0.15, 0.2) is 0 Å². The fourth-order valence-electron chi connectivity index (χ4n) is 1.88. The van der Waals surface area contributed by atoms with E-state index in [-0.39, 0.29) is 24.0 Å². The van der Waals surface area contributed by atoms with Crippen LogP contribution in [0.3, 0.4) is 0 Å². The molecule has 0 bridgehead atoms. The van der Waals surface area contributed by atoms with Crippen LogP contribution in [0.1, 0.15) is 40.0 Å². The van der Waals surface area contributed by atoms with Crippen LogP contribution in [0.25, 0.3) is 0 Å². The largest absolute Gasteiger partial charge is 0.393 e. The number of hydrogen-bond donors (Lipinski definition) is 2. The lowest BCUT2D eigenvalue weighted by molar-refractivity contribution is -0.125. The molecule has 3 nitrogen and oxygen atoms in total. The van der Waals surface area contributed by atoms with Crippen molar-refractivity contribution in [3.8, 4) is 0 Å². The van der Waals surface area contributed by atoms with Crippen LogP contribution in [0.15, 0.2) is 0 Å². The molecule has 82 valence electrons. The van der Waals surface area contributed by atoms with Gasteiger partial charge in [0, 0.05) is 12.0 Å². The van der Waals surface area contributed by atoms with Crippen LogP contribution in [0.5, 0.6) is 0 Å². The van der Waals surface area contributed by atoms with E-state index in [0.717, 1.165) is 19.3 Å². The first-order valence-electron chi connectivity index (χ1n) is 5.49. The quantitative estimate of drug-likeness (QED) is 0.704. The van der Waals surface area contributed by atoms with Crippen LogP contribution < -0.4 is 5.32 Å². The molecule has 0 aromatic rings. The van der Waals surface area contributed by atoms with Gasteiger partial charge in [-0.05, 0) is 25.2 Å². The topological polar surface area (TPSA) is 49.3 Å². The molecule has 0 aromatic heterocycles. The Morgan fingerprint density at radius 3 is 2.57 bits per heavy atom. The van der Waals surface area contributed by atoms with Crippen molar-refractivity contribution in [3.63, 3.8) is 0 Å². The summed E-state index contributed by atoms with van der Waals surface area (Å²) >= 11 is 0. The summed E-state index contributed by atoms with van der Waals surface area (Å²) < 4.78 is 0. The van der Waals surface area contributed by atoms with Crippen molar-refractivity contribution in [3.05, 3.63) is 0 Å². The number of aliphatic hydroxyl groups is 1. The van der Waals surface area contributed by atoms with Crippen molar-refractivity contribution in [2.75, 3.05) is 0 Å². The van der Waals surface area contributed by atoms with Crippen LogP contribution in [-0.4, -0.2) is 23.2 Å². The molecule has 0 aromatic carbocycles. The summed E-state index contributed by atoms with van der Waals surface area (Å²) in [4.78, 5) is 11.4. The normalized spacial score (nSPS) is 33.1. The second kappa shape index (κ2) is 4.78. The highest BCUT2D eigenvalue weighted by molar-refractivity contribution is 5.78. The number of carbonyl (C=O) groups excluding carboxylic acids is 1. The summed E-state index contributed by atoms with van der Waals surface area (Å²) in [5, 5.41) is 12.5. The summed E-state index contributed by atoms with van der Waals surface area (Å²) in [6, 6.07) is 0.267. The summed E-state index contributed by atoms with van der Waals surface area (Å²) in [7, 11) is 0. The Morgan fingerprint density at radius 2 is 2.07 bits per heavy atom. The average Bonchev–Trinajstić information content (AvgIpc) is 2.11. The Kier molecular flexibility index (Phi) is 3.93. The van der Waals surface area contributed by atoms with Crippen molar-refractivity contribution in [1.29, 1.82) is 0 Å². The summed E-state index contributed by atoms with van der Waals surface area (Å²) in [5.41, 5.74) is 0. The first-order valence-corrected chi connectivity index (χ1v) is 5.49. The molecule has 0 saturated heterocycles. The maximum atomic E-state index is 11.4.